The van der Waals surface area contributed by atoms with E-state index in [1.807, 2.05) is 27.7 Å². The van der Waals surface area contributed by atoms with E-state index in [2.05, 4.69) is 10.3 Å². The zero-order valence-electron chi connectivity index (χ0n) is 13.2. The van der Waals surface area contributed by atoms with E-state index in [4.69, 9.17) is 9.47 Å². The number of non-ortho nitro benzene ring substituents is 1. The van der Waals surface area contributed by atoms with Gasteiger partial charge in [-0.3, -0.25) is 10.1 Å². The second kappa shape index (κ2) is 6.35. The van der Waals surface area contributed by atoms with Crippen LogP contribution in [0.4, 0.5) is 10.8 Å². The highest BCUT2D eigenvalue weighted by molar-refractivity contribution is 7.22. The summed E-state index contributed by atoms with van der Waals surface area (Å²) in [5.41, 5.74) is 0.227. The number of rotatable bonds is 6. The fourth-order valence-corrected chi connectivity index (χ4v) is 2.87. The molecule has 0 saturated heterocycles. The van der Waals surface area contributed by atoms with E-state index < -0.39 is 4.92 Å². The van der Waals surface area contributed by atoms with Crippen LogP contribution in [0.2, 0.25) is 0 Å². The zero-order chi connectivity index (χ0) is 16.4. The Balaban J connectivity index is 2.75. The molecule has 0 radical (unpaired) electrons. The van der Waals surface area contributed by atoms with E-state index >= 15 is 0 Å². The lowest BCUT2D eigenvalue weighted by Crippen LogP contribution is -2.11. The number of aromatic nitrogens is 1. The minimum Gasteiger partial charge on any atom is -0.487 e. The summed E-state index contributed by atoms with van der Waals surface area (Å²) < 4.78 is 12.2. The molecule has 22 heavy (non-hydrogen) atoms. The summed E-state index contributed by atoms with van der Waals surface area (Å²) in [4.78, 5) is 15.2. The van der Waals surface area contributed by atoms with Crippen molar-refractivity contribution in [3.63, 3.8) is 0 Å². The van der Waals surface area contributed by atoms with Crippen molar-refractivity contribution in [2.75, 3.05) is 12.4 Å². The maximum Gasteiger partial charge on any atom is 0.300 e. The van der Waals surface area contributed by atoms with Crippen LogP contribution in [0.25, 0.3) is 10.2 Å². The fraction of sp³-hybridized carbons (Fsp3) is 0.500. The van der Waals surface area contributed by atoms with Gasteiger partial charge in [0.25, 0.3) is 5.69 Å². The molecular formula is C14H19N3O4S. The van der Waals surface area contributed by atoms with Gasteiger partial charge in [-0.2, -0.15) is 0 Å². The Morgan fingerprint density at radius 3 is 2.41 bits per heavy atom. The van der Waals surface area contributed by atoms with Crippen LogP contribution in [0, 0.1) is 10.1 Å². The van der Waals surface area contributed by atoms with Crippen LogP contribution in [0.1, 0.15) is 27.7 Å². The average Bonchev–Trinajstić information content (AvgIpc) is 2.83. The SMILES string of the molecule is CNc1nc2c([N+](=O)[O-])cc(OC(C)C)c(OC(C)C)c2s1. The predicted octanol–water partition coefficient (Wildman–Crippen LogP) is 3.82. The number of nitro groups is 1. The highest BCUT2D eigenvalue weighted by Crippen LogP contribution is 2.45. The maximum atomic E-state index is 11.3. The minimum absolute atomic E-state index is 0.0838. The molecule has 0 aliphatic heterocycles. The average molecular weight is 325 g/mol. The molecule has 7 nitrogen and oxygen atoms in total. The van der Waals surface area contributed by atoms with Crippen LogP contribution in [0.5, 0.6) is 11.5 Å². The van der Waals surface area contributed by atoms with Crippen molar-refractivity contribution in [2.45, 2.75) is 39.9 Å². The maximum absolute atomic E-state index is 11.3. The van der Waals surface area contributed by atoms with Gasteiger partial charge in [0.05, 0.1) is 23.2 Å². The van der Waals surface area contributed by atoms with E-state index in [1.165, 1.54) is 17.4 Å². The topological polar surface area (TPSA) is 86.5 Å². The van der Waals surface area contributed by atoms with Crippen molar-refractivity contribution < 1.29 is 14.4 Å². The van der Waals surface area contributed by atoms with Crippen LogP contribution in [0.15, 0.2) is 6.07 Å². The molecule has 120 valence electrons. The van der Waals surface area contributed by atoms with Crippen molar-refractivity contribution in [1.29, 1.82) is 0 Å². The summed E-state index contributed by atoms with van der Waals surface area (Å²) in [5, 5.41) is 14.8. The van der Waals surface area contributed by atoms with Crippen LogP contribution in [-0.2, 0) is 0 Å². The van der Waals surface area contributed by atoms with Crippen LogP contribution >= 0.6 is 11.3 Å². The number of anilines is 1. The Kier molecular flexibility index (Phi) is 4.70. The number of nitro benzene ring substituents is 1. The third kappa shape index (κ3) is 3.22. The van der Waals surface area contributed by atoms with Gasteiger partial charge in [-0.15, -0.1) is 0 Å². The highest BCUT2D eigenvalue weighted by atomic mass is 32.1. The molecule has 1 heterocycles. The third-order valence-electron chi connectivity index (χ3n) is 2.69. The fourth-order valence-electron chi connectivity index (χ4n) is 1.95. The first kappa shape index (κ1) is 16.3. The number of nitrogens with one attached hydrogen (secondary N) is 1. The van der Waals surface area contributed by atoms with Gasteiger partial charge in [-0.1, -0.05) is 11.3 Å². The third-order valence-corrected chi connectivity index (χ3v) is 3.77. The van der Waals surface area contributed by atoms with E-state index in [9.17, 15) is 10.1 Å². The number of hydrogen-bond donors (Lipinski definition) is 1. The van der Waals surface area contributed by atoms with Crippen molar-refractivity contribution in [1.82, 2.24) is 4.98 Å². The molecule has 0 atom stereocenters. The second-order valence-electron chi connectivity index (χ2n) is 5.26. The van der Waals surface area contributed by atoms with Gasteiger partial charge in [0.15, 0.2) is 22.1 Å². The van der Waals surface area contributed by atoms with Gasteiger partial charge in [-0.05, 0) is 27.7 Å². The van der Waals surface area contributed by atoms with Gasteiger partial charge in [0.1, 0.15) is 4.70 Å². The highest BCUT2D eigenvalue weighted by Gasteiger charge is 2.26. The molecule has 0 amide bonds. The molecule has 0 fully saturated rings. The molecule has 2 rings (SSSR count). The Morgan fingerprint density at radius 2 is 1.91 bits per heavy atom. The number of fused-ring (bicyclic) bond motifs is 1. The van der Waals surface area contributed by atoms with Crippen molar-refractivity contribution in [3.05, 3.63) is 16.2 Å². The molecule has 0 bridgehead atoms. The van der Waals surface area contributed by atoms with Gasteiger partial charge >= 0.3 is 0 Å². The molecule has 8 heteroatoms. The standard InChI is InChI=1S/C14H19N3O4S/c1-7(2)20-10-6-9(17(18)19)11-13(12(10)21-8(3)4)22-14(15-5)16-11/h6-8H,1-5H3,(H,15,16). The quantitative estimate of drug-likeness (QED) is 0.642. The van der Waals surface area contributed by atoms with E-state index in [0.717, 1.165) is 0 Å². The van der Waals surface area contributed by atoms with E-state index in [-0.39, 0.29) is 17.9 Å². The molecular weight excluding hydrogens is 306 g/mol. The van der Waals surface area contributed by atoms with Gasteiger partial charge in [0.2, 0.25) is 0 Å². The first-order valence-electron chi connectivity index (χ1n) is 6.96. The summed E-state index contributed by atoms with van der Waals surface area (Å²) >= 11 is 1.31. The van der Waals surface area contributed by atoms with Crippen LogP contribution in [-0.4, -0.2) is 29.2 Å². The van der Waals surface area contributed by atoms with E-state index in [1.54, 1.807) is 7.05 Å². The molecule has 0 spiro atoms. The normalized spacial score (nSPS) is 11.2. The number of ether oxygens (including phenoxy) is 2. The molecule has 1 aromatic heterocycles. The number of benzene rings is 1. The Hall–Kier alpha value is -2.09. The van der Waals surface area contributed by atoms with Gasteiger partial charge in [-0.25, -0.2) is 4.98 Å². The first-order valence-corrected chi connectivity index (χ1v) is 7.78. The van der Waals surface area contributed by atoms with Crippen molar-refractivity contribution in [2.24, 2.45) is 0 Å². The Labute approximate surface area is 132 Å². The van der Waals surface area contributed by atoms with Gasteiger partial charge < -0.3 is 14.8 Å². The summed E-state index contributed by atoms with van der Waals surface area (Å²) in [6.45, 7) is 7.51. The lowest BCUT2D eigenvalue weighted by atomic mass is 10.2. The summed E-state index contributed by atoms with van der Waals surface area (Å²) in [6.07, 6.45) is -0.206. The molecule has 2 aromatic rings. The van der Waals surface area contributed by atoms with Gasteiger partial charge in [0, 0.05) is 7.05 Å². The monoisotopic (exact) mass is 325 g/mol. The molecule has 0 aliphatic rings. The van der Waals surface area contributed by atoms with Crippen molar-refractivity contribution in [3.8, 4) is 11.5 Å². The number of hydrogen-bond acceptors (Lipinski definition) is 7. The predicted molar refractivity (Wildman–Crippen MR) is 87.3 cm³/mol. The minimum atomic E-state index is -0.451. The van der Waals surface area contributed by atoms with E-state index in [0.29, 0.717) is 26.8 Å². The Morgan fingerprint density at radius 1 is 1.27 bits per heavy atom. The zero-order valence-corrected chi connectivity index (χ0v) is 14.0. The smallest absolute Gasteiger partial charge is 0.300 e. The lowest BCUT2D eigenvalue weighted by molar-refractivity contribution is -0.383. The molecule has 1 aromatic carbocycles. The number of nitrogens with zero attached hydrogens (tertiary/aromatic N) is 2. The lowest BCUT2D eigenvalue weighted by Gasteiger charge is -2.17. The molecule has 1 N–H and O–H groups in total. The summed E-state index contributed by atoms with van der Waals surface area (Å²) in [7, 11) is 1.72. The van der Waals surface area contributed by atoms with Crippen LogP contribution < -0.4 is 14.8 Å². The second-order valence-corrected chi connectivity index (χ2v) is 6.26. The first-order chi connectivity index (χ1) is 10.3. The summed E-state index contributed by atoms with van der Waals surface area (Å²) in [5.74, 6) is 0.873. The largest absolute Gasteiger partial charge is 0.487 e. The van der Waals surface area contributed by atoms with Crippen molar-refractivity contribution >= 4 is 32.4 Å². The summed E-state index contributed by atoms with van der Waals surface area (Å²) in [6, 6.07) is 1.39. The number of thiazole rings is 1. The molecule has 0 unspecified atom stereocenters. The molecule has 0 saturated carbocycles. The van der Waals surface area contributed by atoms with Crippen LogP contribution in [0.3, 0.4) is 0 Å². The molecule has 0 aliphatic carbocycles. The Bertz CT molecular complexity index is 697.